The van der Waals surface area contributed by atoms with Crippen molar-refractivity contribution in [1.29, 1.82) is 0 Å². The van der Waals surface area contributed by atoms with Crippen LogP contribution in [0, 0.1) is 0 Å². The van der Waals surface area contributed by atoms with E-state index in [4.69, 9.17) is 4.42 Å². The summed E-state index contributed by atoms with van der Waals surface area (Å²) in [6, 6.07) is 13.8. The van der Waals surface area contributed by atoms with Crippen LogP contribution >= 0.6 is 11.8 Å². The van der Waals surface area contributed by atoms with Gasteiger partial charge in [0.25, 0.3) is 0 Å². The molecule has 0 aliphatic heterocycles. The summed E-state index contributed by atoms with van der Waals surface area (Å²) in [7, 11) is 0. The van der Waals surface area contributed by atoms with Crippen molar-refractivity contribution in [3.8, 4) is 11.3 Å². The molecule has 0 aliphatic rings. The Labute approximate surface area is 154 Å². The molecule has 6 heteroatoms. The minimum Gasteiger partial charge on any atom is -0.472 e. The Bertz CT molecular complexity index is 1010. The van der Waals surface area contributed by atoms with Gasteiger partial charge in [-0.15, -0.1) is 11.8 Å². The number of nitrogens with zero attached hydrogens (tertiary/aromatic N) is 1. The van der Waals surface area contributed by atoms with Crippen LogP contribution in [0.3, 0.4) is 0 Å². The van der Waals surface area contributed by atoms with Gasteiger partial charge in [-0.1, -0.05) is 24.3 Å². The molecule has 0 radical (unpaired) electrons. The molecule has 130 valence electrons. The number of benzene rings is 1. The third-order valence-electron chi connectivity index (χ3n) is 4.04. The van der Waals surface area contributed by atoms with Crippen LogP contribution in [0.4, 0.5) is 0 Å². The lowest BCUT2D eigenvalue weighted by atomic mass is 10.2. The molecule has 3 aromatic heterocycles. The number of aromatic nitrogens is 2. The number of furan rings is 1. The van der Waals surface area contributed by atoms with Crippen molar-refractivity contribution in [2.24, 2.45) is 0 Å². The number of hydrogen-bond acceptors (Lipinski definition) is 4. The van der Waals surface area contributed by atoms with E-state index in [0.717, 1.165) is 32.6 Å². The highest BCUT2D eigenvalue weighted by Gasteiger charge is 2.07. The SMILES string of the molecule is O=C(CSc1c[nH]c2ccccc12)NCc1ccc(-c2ccoc2)nc1. The van der Waals surface area contributed by atoms with Gasteiger partial charge in [-0.2, -0.15) is 0 Å². The lowest BCUT2D eigenvalue weighted by molar-refractivity contribution is -0.118. The Morgan fingerprint density at radius 3 is 2.92 bits per heavy atom. The molecule has 0 spiro atoms. The molecule has 0 fully saturated rings. The molecular weight excluding hydrogens is 346 g/mol. The number of carbonyl (C=O) groups excluding carboxylic acids is 1. The Hall–Kier alpha value is -2.99. The van der Waals surface area contributed by atoms with E-state index >= 15 is 0 Å². The molecule has 2 N–H and O–H groups in total. The van der Waals surface area contributed by atoms with Crippen molar-refractivity contribution in [3.63, 3.8) is 0 Å². The molecule has 0 saturated heterocycles. The van der Waals surface area contributed by atoms with Crippen LogP contribution < -0.4 is 5.32 Å². The van der Waals surface area contributed by atoms with Crippen molar-refractivity contribution in [2.75, 3.05) is 5.75 Å². The fourth-order valence-electron chi connectivity index (χ4n) is 2.67. The van der Waals surface area contributed by atoms with E-state index in [1.165, 1.54) is 11.8 Å². The Morgan fingerprint density at radius 1 is 1.19 bits per heavy atom. The molecule has 0 aliphatic carbocycles. The number of thioether (sulfide) groups is 1. The molecule has 1 aromatic carbocycles. The van der Waals surface area contributed by atoms with Gasteiger partial charge in [-0.05, 0) is 23.8 Å². The number of carbonyl (C=O) groups is 1. The number of fused-ring (bicyclic) bond motifs is 1. The maximum Gasteiger partial charge on any atom is 0.230 e. The Kier molecular flexibility index (Phi) is 4.75. The van der Waals surface area contributed by atoms with Crippen molar-refractivity contribution in [1.82, 2.24) is 15.3 Å². The zero-order chi connectivity index (χ0) is 17.8. The summed E-state index contributed by atoms with van der Waals surface area (Å²) in [4.78, 5) is 20.8. The quantitative estimate of drug-likeness (QED) is 0.503. The van der Waals surface area contributed by atoms with Crippen LogP contribution in [-0.4, -0.2) is 21.6 Å². The first-order valence-electron chi connectivity index (χ1n) is 8.23. The van der Waals surface area contributed by atoms with Gasteiger partial charge in [-0.3, -0.25) is 9.78 Å². The third-order valence-corrected chi connectivity index (χ3v) is 5.10. The average molecular weight is 363 g/mol. The molecule has 26 heavy (non-hydrogen) atoms. The fourth-order valence-corrected chi connectivity index (χ4v) is 3.53. The predicted octanol–water partition coefficient (Wildman–Crippen LogP) is 4.23. The smallest absolute Gasteiger partial charge is 0.230 e. The molecular formula is C20H17N3O2S. The number of hydrogen-bond donors (Lipinski definition) is 2. The number of rotatable bonds is 6. The number of H-pyrrole nitrogens is 1. The normalized spacial score (nSPS) is 10.9. The summed E-state index contributed by atoms with van der Waals surface area (Å²) in [5.74, 6) is 0.377. The van der Waals surface area contributed by atoms with Crippen LogP contribution in [-0.2, 0) is 11.3 Å². The van der Waals surface area contributed by atoms with Crippen molar-refractivity contribution >= 4 is 28.6 Å². The highest BCUT2D eigenvalue weighted by molar-refractivity contribution is 8.00. The van der Waals surface area contributed by atoms with Crippen molar-refractivity contribution in [2.45, 2.75) is 11.4 Å². The van der Waals surface area contributed by atoms with Crippen LogP contribution in [0.25, 0.3) is 22.2 Å². The topological polar surface area (TPSA) is 70.9 Å². The predicted molar refractivity (Wildman–Crippen MR) is 103 cm³/mol. The average Bonchev–Trinajstić information content (AvgIpc) is 3.35. The van der Waals surface area contributed by atoms with Gasteiger partial charge in [0.1, 0.15) is 0 Å². The molecule has 0 atom stereocenters. The fraction of sp³-hybridized carbons (Fsp3) is 0.100. The molecule has 5 nitrogen and oxygen atoms in total. The number of pyridine rings is 1. The van der Waals surface area contributed by atoms with Crippen LogP contribution in [0.5, 0.6) is 0 Å². The zero-order valence-corrected chi connectivity index (χ0v) is 14.8. The van der Waals surface area contributed by atoms with Crippen LogP contribution in [0.15, 0.2) is 76.7 Å². The molecule has 3 heterocycles. The van der Waals surface area contributed by atoms with Gasteiger partial charge in [0.05, 0.1) is 24.0 Å². The van der Waals surface area contributed by atoms with Gasteiger partial charge >= 0.3 is 0 Å². The first-order chi connectivity index (χ1) is 12.8. The molecule has 0 bridgehead atoms. The Morgan fingerprint density at radius 2 is 2.12 bits per heavy atom. The summed E-state index contributed by atoms with van der Waals surface area (Å²) < 4.78 is 5.06. The lowest BCUT2D eigenvalue weighted by Gasteiger charge is -2.05. The highest BCUT2D eigenvalue weighted by Crippen LogP contribution is 2.27. The maximum absolute atomic E-state index is 12.1. The third kappa shape index (κ3) is 3.65. The second-order valence-corrected chi connectivity index (χ2v) is 6.84. The van der Waals surface area contributed by atoms with Gasteiger partial charge in [0, 0.05) is 40.3 Å². The first kappa shape index (κ1) is 16.5. The monoisotopic (exact) mass is 363 g/mol. The molecule has 4 aromatic rings. The second kappa shape index (κ2) is 7.49. The lowest BCUT2D eigenvalue weighted by Crippen LogP contribution is -2.24. The molecule has 0 saturated carbocycles. The molecule has 0 unspecified atom stereocenters. The largest absolute Gasteiger partial charge is 0.472 e. The minimum atomic E-state index is -0.000748. The standard InChI is InChI=1S/C20H17N3O2S/c24-20(13-26-19-11-22-18-4-2-1-3-16(18)19)23-10-14-5-6-17(21-9-14)15-7-8-25-12-15/h1-9,11-12,22H,10,13H2,(H,23,24). The molecule has 4 rings (SSSR count). The number of nitrogens with one attached hydrogen (secondary N) is 2. The van der Waals surface area contributed by atoms with E-state index < -0.39 is 0 Å². The van der Waals surface area contributed by atoms with Crippen LogP contribution in [0.2, 0.25) is 0 Å². The van der Waals surface area contributed by atoms with Gasteiger partial charge < -0.3 is 14.7 Å². The van der Waals surface area contributed by atoms with Gasteiger partial charge in [0.2, 0.25) is 5.91 Å². The van der Waals surface area contributed by atoms with E-state index in [1.807, 2.05) is 42.6 Å². The summed E-state index contributed by atoms with van der Waals surface area (Å²) in [6.45, 7) is 0.464. The van der Waals surface area contributed by atoms with Gasteiger partial charge in [0.15, 0.2) is 0 Å². The zero-order valence-electron chi connectivity index (χ0n) is 13.9. The number of aromatic amines is 1. The van der Waals surface area contributed by atoms with E-state index in [0.29, 0.717) is 12.3 Å². The number of para-hydroxylation sites is 1. The number of amides is 1. The van der Waals surface area contributed by atoms with Crippen molar-refractivity contribution in [3.05, 3.63) is 72.9 Å². The van der Waals surface area contributed by atoms with Gasteiger partial charge in [-0.25, -0.2) is 0 Å². The highest BCUT2D eigenvalue weighted by atomic mass is 32.2. The van der Waals surface area contributed by atoms with E-state index in [9.17, 15) is 4.79 Å². The van der Waals surface area contributed by atoms with Crippen molar-refractivity contribution < 1.29 is 9.21 Å². The van der Waals surface area contributed by atoms with E-state index in [2.05, 4.69) is 21.4 Å². The summed E-state index contributed by atoms with van der Waals surface area (Å²) in [5.41, 5.74) is 3.83. The second-order valence-electron chi connectivity index (χ2n) is 5.83. The summed E-state index contributed by atoms with van der Waals surface area (Å²) in [5, 5.41) is 4.08. The van der Waals surface area contributed by atoms with Crippen LogP contribution in [0.1, 0.15) is 5.56 Å². The molecule has 1 amide bonds. The van der Waals surface area contributed by atoms with E-state index in [-0.39, 0.29) is 5.91 Å². The first-order valence-corrected chi connectivity index (χ1v) is 9.21. The summed E-state index contributed by atoms with van der Waals surface area (Å²) >= 11 is 1.53. The van der Waals surface area contributed by atoms with E-state index in [1.54, 1.807) is 18.7 Å². The maximum atomic E-state index is 12.1. The summed E-state index contributed by atoms with van der Waals surface area (Å²) in [6.07, 6.45) is 7.00. The Balaban J connectivity index is 1.30. The minimum absolute atomic E-state index is 0.000748.